The van der Waals surface area contributed by atoms with Crippen molar-refractivity contribution in [3.8, 4) is 5.75 Å². The number of piperidine rings is 1. The number of hydrogen-bond donors (Lipinski definition) is 0. The van der Waals surface area contributed by atoms with E-state index in [9.17, 15) is 4.79 Å². The largest absolute Gasteiger partial charge is 0.494 e. The third-order valence-electron chi connectivity index (χ3n) is 7.82. The molecule has 2 aromatic rings. The zero-order valence-electron chi connectivity index (χ0n) is 21.0. The smallest absolute Gasteiger partial charge is 0.320 e. The predicted molar refractivity (Wildman–Crippen MR) is 141 cm³/mol. The summed E-state index contributed by atoms with van der Waals surface area (Å²) in [6, 6.07) is 19.3. The van der Waals surface area contributed by atoms with Crippen molar-refractivity contribution in [3.05, 3.63) is 60.2 Å². The van der Waals surface area contributed by atoms with Gasteiger partial charge in [0.15, 0.2) is 0 Å². The maximum Gasteiger partial charge on any atom is 0.320 e. The first-order valence-electron chi connectivity index (χ1n) is 13.6. The van der Waals surface area contributed by atoms with Crippen LogP contribution in [0.25, 0.3) is 0 Å². The van der Waals surface area contributed by atoms with Gasteiger partial charge in [-0.1, -0.05) is 36.8 Å². The Hall–Kier alpha value is -2.73. The minimum atomic E-state index is 0.205. The lowest BCUT2D eigenvalue weighted by atomic mass is 9.99. The maximum absolute atomic E-state index is 13.1. The number of anilines is 1. The van der Waals surface area contributed by atoms with Crippen LogP contribution in [0.3, 0.4) is 0 Å². The highest BCUT2D eigenvalue weighted by atomic mass is 16.5. The molecule has 0 aliphatic carbocycles. The highest BCUT2D eigenvalue weighted by Crippen LogP contribution is 2.28. The van der Waals surface area contributed by atoms with Gasteiger partial charge in [0.05, 0.1) is 6.61 Å². The van der Waals surface area contributed by atoms with E-state index in [1.165, 1.54) is 43.6 Å². The van der Waals surface area contributed by atoms with Crippen molar-refractivity contribution >= 4 is 11.7 Å². The second kappa shape index (κ2) is 11.8. The predicted octanol–water partition coefficient (Wildman–Crippen LogP) is 4.67. The van der Waals surface area contributed by atoms with Gasteiger partial charge in [0, 0.05) is 57.4 Å². The Labute approximate surface area is 210 Å². The zero-order chi connectivity index (χ0) is 23.9. The lowest BCUT2D eigenvalue weighted by Gasteiger charge is -2.37. The van der Waals surface area contributed by atoms with Crippen LogP contribution in [0.2, 0.25) is 0 Å². The van der Waals surface area contributed by atoms with E-state index in [4.69, 9.17) is 4.74 Å². The lowest BCUT2D eigenvalue weighted by Crippen LogP contribution is -2.52. The first-order chi connectivity index (χ1) is 17.3. The molecule has 2 aromatic carbocycles. The minimum Gasteiger partial charge on any atom is -0.494 e. The number of piperazine rings is 1. The Kier molecular flexibility index (Phi) is 8.09. The summed E-state index contributed by atoms with van der Waals surface area (Å²) in [7, 11) is 0. The molecule has 35 heavy (non-hydrogen) atoms. The monoisotopic (exact) mass is 476 g/mol. The van der Waals surface area contributed by atoms with Crippen molar-refractivity contribution in [2.75, 3.05) is 70.4 Å². The molecule has 2 amide bonds. The molecule has 3 heterocycles. The van der Waals surface area contributed by atoms with Crippen molar-refractivity contribution in [1.82, 2.24) is 14.7 Å². The standard InChI is InChI=1S/C29H40N4O2/c34-29(33-18-14-26(24-33)25-8-3-1-4-9-25)32-21-19-31(20-22-32)27-10-12-28(13-11-27)35-23-7-17-30-15-5-2-6-16-30/h1,3-4,8-13,26H,2,5-7,14-24H2. The lowest BCUT2D eigenvalue weighted by molar-refractivity contribution is 0.159. The normalized spacial score (nSPS) is 21.4. The van der Waals surface area contributed by atoms with Gasteiger partial charge < -0.3 is 24.3 Å². The van der Waals surface area contributed by atoms with E-state index in [0.29, 0.717) is 5.92 Å². The molecule has 188 valence electrons. The quantitative estimate of drug-likeness (QED) is 0.545. The van der Waals surface area contributed by atoms with Gasteiger partial charge in [-0.2, -0.15) is 0 Å². The number of nitrogens with zero attached hydrogens (tertiary/aromatic N) is 4. The number of benzene rings is 2. The highest BCUT2D eigenvalue weighted by molar-refractivity contribution is 5.75. The fourth-order valence-electron chi connectivity index (χ4n) is 5.70. The average molecular weight is 477 g/mol. The van der Waals surface area contributed by atoms with Crippen molar-refractivity contribution in [2.24, 2.45) is 0 Å². The summed E-state index contributed by atoms with van der Waals surface area (Å²) in [5.41, 5.74) is 2.56. The molecule has 0 aromatic heterocycles. The van der Waals surface area contributed by atoms with Crippen molar-refractivity contribution in [1.29, 1.82) is 0 Å². The fourth-order valence-corrected chi connectivity index (χ4v) is 5.70. The van der Waals surface area contributed by atoms with Crippen LogP contribution >= 0.6 is 0 Å². The molecule has 6 nitrogen and oxygen atoms in total. The maximum atomic E-state index is 13.1. The van der Waals surface area contributed by atoms with E-state index in [1.807, 2.05) is 9.80 Å². The van der Waals surface area contributed by atoms with Crippen LogP contribution in [0.15, 0.2) is 54.6 Å². The molecular weight excluding hydrogens is 436 g/mol. The molecule has 0 saturated carbocycles. The molecule has 6 heteroatoms. The molecule has 0 N–H and O–H groups in total. The van der Waals surface area contributed by atoms with Crippen molar-refractivity contribution < 1.29 is 9.53 Å². The first kappa shape index (κ1) is 24.0. The topological polar surface area (TPSA) is 39.3 Å². The van der Waals surface area contributed by atoms with Gasteiger partial charge in [-0.15, -0.1) is 0 Å². The Bertz CT molecular complexity index is 921. The summed E-state index contributed by atoms with van der Waals surface area (Å²) in [5.74, 6) is 1.41. The summed E-state index contributed by atoms with van der Waals surface area (Å²) < 4.78 is 5.98. The van der Waals surface area contributed by atoms with E-state index in [0.717, 1.165) is 71.0 Å². The van der Waals surface area contributed by atoms with Gasteiger partial charge in [-0.25, -0.2) is 4.79 Å². The molecular formula is C29H40N4O2. The summed E-state index contributed by atoms with van der Waals surface area (Å²) in [6.45, 7) is 9.42. The molecule has 1 unspecified atom stereocenters. The average Bonchev–Trinajstić information content (AvgIpc) is 3.43. The number of likely N-dealkylation sites (tertiary alicyclic amines) is 2. The Morgan fingerprint density at radius 1 is 0.800 bits per heavy atom. The molecule has 0 spiro atoms. The van der Waals surface area contributed by atoms with Gasteiger partial charge in [0.25, 0.3) is 0 Å². The molecule has 1 atom stereocenters. The number of amides is 2. The number of urea groups is 1. The van der Waals surface area contributed by atoms with Crippen LogP contribution in [-0.4, -0.2) is 86.2 Å². The van der Waals surface area contributed by atoms with Gasteiger partial charge >= 0.3 is 6.03 Å². The zero-order valence-corrected chi connectivity index (χ0v) is 21.0. The van der Waals surface area contributed by atoms with Crippen molar-refractivity contribution in [3.63, 3.8) is 0 Å². The minimum absolute atomic E-state index is 0.205. The number of carbonyl (C=O) groups is 1. The van der Waals surface area contributed by atoms with Crippen LogP contribution in [0.4, 0.5) is 10.5 Å². The molecule has 3 aliphatic rings. The summed E-state index contributed by atoms with van der Waals surface area (Å²) in [4.78, 5) is 22.1. The first-order valence-corrected chi connectivity index (χ1v) is 13.6. The number of carbonyl (C=O) groups excluding carboxylic acids is 1. The summed E-state index contributed by atoms with van der Waals surface area (Å²) in [6.07, 6.45) is 6.22. The fraction of sp³-hybridized carbons (Fsp3) is 0.552. The van der Waals surface area contributed by atoms with E-state index >= 15 is 0 Å². The van der Waals surface area contributed by atoms with E-state index in [-0.39, 0.29) is 6.03 Å². The van der Waals surface area contributed by atoms with Crippen LogP contribution < -0.4 is 9.64 Å². The second-order valence-electron chi connectivity index (χ2n) is 10.2. The van der Waals surface area contributed by atoms with Gasteiger partial charge in [0.1, 0.15) is 5.75 Å². The van der Waals surface area contributed by atoms with Crippen LogP contribution in [0, 0.1) is 0 Å². The molecule has 0 bridgehead atoms. The molecule has 0 radical (unpaired) electrons. The Balaban J connectivity index is 1.03. The van der Waals surface area contributed by atoms with Crippen LogP contribution in [0.1, 0.15) is 43.6 Å². The van der Waals surface area contributed by atoms with Crippen molar-refractivity contribution in [2.45, 2.75) is 38.0 Å². The molecule has 3 saturated heterocycles. The van der Waals surface area contributed by atoms with Gasteiger partial charge in [-0.05, 0) is 68.6 Å². The number of hydrogen-bond acceptors (Lipinski definition) is 4. The van der Waals surface area contributed by atoms with Gasteiger partial charge in [0.2, 0.25) is 0 Å². The molecule has 5 rings (SSSR count). The third-order valence-corrected chi connectivity index (χ3v) is 7.82. The van der Waals surface area contributed by atoms with Gasteiger partial charge in [-0.3, -0.25) is 0 Å². The SMILES string of the molecule is O=C(N1CCN(c2ccc(OCCCN3CCCCC3)cc2)CC1)N1CCC(c2ccccc2)C1. The molecule has 3 fully saturated rings. The van der Waals surface area contributed by atoms with Crippen LogP contribution in [0.5, 0.6) is 5.75 Å². The highest BCUT2D eigenvalue weighted by Gasteiger charge is 2.31. The number of ether oxygens (including phenoxy) is 1. The third kappa shape index (κ3) is 6.29. The van der Waals surface area contributed by atoms with E-state index < -0.39 is 0 Å². The summed E-state index contributed by atoms with van der Waals surface area (Å²) >= 11 is 0. The van der Waals surface area contributed by atoms with E-state index in [1.54, 1.807) is 0 Å². The van der Waals surface area contributed by atoms with Crippen LogP contribution in [-0.2, 0) is 0 Å². The summed E-state index contributed by atoms with van der Waals surface area (Å²) in [5, 5.41) is 0. The molecule has 3 aliphatic heterocycles. The second-order valence-corrected chi connectivity index (χ2v) is 10.2. The van der Waals surface area contributed by atoms with E-state index in [2.05, 4.69) is 64.4 Å². The number of rotatable bonds is 7. The Morgan fingerprint density at radius 3 is 2.29 bits per heavy atom. The Morgan fingerprint density at radius 2 is 1.54 bits per heavy atom.